The molecule has 100 valence electrons. The lowest BCUT2D eigenvalue weighted by atomic mass is 10.0. The minimum absolute atomic E-state index is 0.105. The molecular formula is C12H19N3O3. The molecule has 0 aliphatic carbocycles. The summed E-state index contributed by atoms with van der Waals surface area (Å²) in [5.41, 5.74) is 2.06. The van der Waals surface area contributed by atoms with Gasteiger partial charge in [0.25, 0.3) is 5.91 Å². The molecule has 1 amide bonds. The number of nitrogens with one attached hydrogen (secondary N) is 2. The summed E-state index contributed by atoms with van der Waals surface area (Å²) in [6.45, 7) is 7.50. The molecule has 0 saturated carbocycles. The Balaban J connectivity index is 2.76. The van der Waals surface area contributed by atoms with Crippen molar-refractivity contribution < 1.29 is 14.7 Å². The van der Waals surface area contributed by atoms with Gasteiger partial charge in [-0.15, -0.1) is 0 Å². The molecule has 0 aliphatic rings. The van der Waals surface area contributed by atoms with Crippen molar-refractivity contribution in [3.8, 4) is 0 Å². The van der Waals surface area contributed by atoms with E-state index in [0.717, 1.165) is 11.3 Å². The van der Waals surface area contributed by atoms with E-state index >= 15 is 0 Å². The van der Waals surface area contributed by atoms with Gasteiger partial charge >= 0.3 is 5.97 Å². The van der Waals surface area contributed by atoms with Crippen LogP contribution in [0.3, 0.4) is 0 Å². The number of aliphatic carboxylic acids is 1. The third-order valence-corrected chi connectivity index (χ3v) is 2.70. The van der Waals surface area contributed by atoms with E-state index in [0.29, 0.717) is 5.69 Å². The maximum Gasteiger partial charge on any atom is 0.305 e. The normalized spacial score (nSPS) is 12.5. The SMILES string of the molecule is Cc1c(C(=O)NC(C)CC(=O)O)n[nH]c1C(C)C. The lowest BCUT2D eigenvalue weighted by Gasteiger charge is -2.10. The summed E-state index contributed by atoms with van der Waals surface area (Å²) in [6.07, 6.45) is -0.105. The van der Waals surface area contributed by atoms with E-state index < -0.39 is 12.0 Å². The summed E-state index contributed by atoms with van der Waals surface area (Å²) in [5.74, 6) is -1.02. The average Bonchev–Trinajstić information content (AvgIpc) is 2.58. The first kappa shape index (κ1) is 14.2. The number of H-pyrrole nitrogens is 1. The first-order chi connectivity index (χ1) is 8.32. The Labute approximate surface area is 106 Å². The summed E-state index contributed by atoms with van der Waals surface area (Å²) in [5, 5.41) is 18.1. The molecule has 1 heterocycles. The standard InChI is InChI=1S/C12H19N3O3/c1-6(2)10-8(4)11(15-14-10)12(18)13-7(3)5-9(16)17/h6-7H,5H2,1-4H3,(H,13,18)(H,14,15)(H,16,17). The number of hydrogen-bond donors (Lipinski definition) is 3. The van der Waals surface area contributed by atoms with Crippen molar-refractivity contribution in [1.29, 1.82) is 0 Å². The molecule has 0 spiro atoms. The second kappa shape index (κ2) is 5.66. The fraction of sp³-hybridized carbons (Fsp3) is 0.583. The maximum absolute atomic E-state index is 11.9. The molecule has 18 heavy (non-hydrogen) atoms. The van der Waals surface area contributed by atoms with E-state index in [2.05, 4.69) is 15.5 Å². The Hall–Kier alpha value is -1.85. The number of aromatic amines is 1. The van der Waals surface area contributed by atoms with Crippen LogP contribution >= 0.6 is 0 Å². The van der Waals surface area contributed by atoms with Crippen molar-refractivity contribution in [1.82, 2.24) is 15.5 Å². The smallest absolute Gasteiger partial charge is 0.305 e. The molecule has 0 bridgehead atoms. The fourth-order valence-corrected chi connectivity index (χ4v) is 1.80. The second-order valence-electron chi connectivity index (χ2n) is 4.74. The number of carboxylic acids is 1. The van der Waals surface area contributed by atoms with Crippen LogP contribution in [0.15, 0.2) is 0 Å². The zero-order valence-electron chi connectivity index (χ0n) is 11.1. The van der Waals surface area contributed by atoms with Crippen LogP contribution in [-0.2, 0) is 4.79 Å². The highest BCUT2D eigenvalue weighted by atomic mass is 16.4. The molecule has 1 atom stereocenters. The van der Waals surface area contributed by atoms with E-state index in [1.54, 1.807) is 6.92 Å². The second-order valence-corrected chi connectivity index (χ2v) is 4.74. The highest BCUT2D eigenvalue weighted by molar-refractivity contribution is 5.94. The maximum atomic E-state index is 11.9. The molecule has 1 aromatic heterocycles. The number of amides is 1. The first-order valence-corrected chi connectivity index (χ1v) is 5.90. The zero-order chi connectivity index (χ0) is 13.9. The van der Waals surface area contributed by atoms with Crippen LogP contribution < -0.4 is 5.32 Å². The monoisotopic (exact) mass is 253 g/mol. The first-order valence-electron chi connectivity index (χ1n) is 5.90. The van der Waals surface area contributed by atoms with Gasteiger partial charge < -0.3 is 10.4 Å². The van der Waals surface area contributed by atoms with Crippen LogP contribution in [0.2, 0.25) is 0 Å². The predicted molar refractivity (Wildman–Crippen MR) is 66.6 cm³/mol. The van der Waals surface area contributed by atoms with Gasteiger partial charge in [-0.1, -0.05) is 13.8 Å². The number of aromatic nitrogens is 2. The van der Waals surface area contributed by atoms with Gasteiger partial charge in [-0.25, -0.2) is 0 Å². The van der Waals surface area contributed by atoms with Gasteiger partial charge in [-0.05, 0) is 19.8 Å². The van der Waals surface area contributed by atoms with Crippen molar-refractivity contribution in [3.05, 3.63) is 17.0 Å². The molecule has 1 aromatic rings. The fourth-order valence-electron chi connectivity index (χ4n) is 1.80. The zero-order valence-corrected chi connectivity index (χ0v) is 11.1. The van der Waals surface area contributed by atoms with Crippen molar-refractivity contribution in [2.75, 3.05) is 0 Å². The molecule has 0 aliphatic heterocycles. The Morgan fingerprint density at radius 2 is 2.00 bits per heavy atom. The summed E-state index contributed by atoms with van der Waals surface area (Å²) in [7, 11) is 0. The van der Waals surface area contributed by atoms with Crippen molar-refractivity contribution in [3.63, 3.8) is 0 Å². The van der Waals surface area contributed by atoms with Gasteiger partial charge in [0.2, 0.25) is 0 Å². The number of carboxylic acid groups (broad SMARTS) is 1. The average molecular weight is 253 g/mol. The number of carbonyl (C=O) groups is 2. The summed E-state index contributed by atoms with van der Waals surface area (Å²) in [6, 6.07) is -0.423. The van der Waals surface area contributed by atoms with E-state index in [4.69, 9.17) is 5.11 Å². The van der Waals surface area contributed by atoms with Crippen LogP contribution in [0.25, 0.3) is 0 Å². The van der Waals surface area contributed by atoms with E-state index in [1.807, 2.05) is 20.8 Å². The Morgan fingerprint density at radius 3 is 2.44 bits per heavy atom. The molecule has 0 aromatic carbocycles. The third kappa shape index (κ3) is 3.32. The highest BCUT2D eigenvalue weighted by Crippen LogP contribution is 2.18. The molecule has 6 nitrogen and oxygen atoms in total. The van der Waals surface area contributed by atoms with Gasteiger partial charge in [0.05, 0.1) is 6.42 Å². The number of hydrogen-bond acceptors (Lipinski definition) is 3. The Morgan fingerprint density at radius 1 is 1.39 bits per heavy atom. The molecule has 6 heteroatoms. The number of carbonyl (C=O) groups excluding carboxylic acids is 1. The Kier molecular flexibility index (Phi) is 4.47. The van der Waals surface area contributed by atoms with Crippen LogP contribution in [0.5, 0.6) is 0 Å². The lowest BCUT2D eigenvalue weighted by Crippen LogP contribution is -2.34. The Bertz CT molecular complexity index is 451. The summed E-state index contributed by atoms with van der Waals surface area (Å²) >= 11 is 0. The molecule has 3 N–H and O–H groups in total. The van der Waals surface area contributed by atoms with Crippen LogP contribution in [0.1, 0.15) is 54.9 Å². The van der Waals surface area contributed by atoms with Crippen LogP contribution in [-0.4, -0.2) is 33.2 Å². The third-order valence-electron chi connectivity index (χ3n) is 2.70. The molecule has 1 unspecified atom stereocenters. The van der Waals surface area contributed by atoms with Crippen LogP contribution in [0.4, 0.5) is 0 Å². The van der Waals surface area contributed by atoms with Gasteiger partial charge in [0.15, 0.2) is 5.69 Å². The van der Waals surface area contributed by atoms with E-state index in [1.165, 1.54) is 0 Å². The predicted octanol–water partition coefficient (Wildman–Crippen LogP) is 1.43. The molecular weight excluding hydrogens is 234 g/mol. The molecule has 0 radical (unpaired) electrons. The van der Waals surface area contributed by atoms with Crippen LogP contribution in [0, 0.1) is 6.92 Å². The quantitative estimate of drug-likeness (QED) is 0.739. The highest BCUT2D eigenvalue weighted by Gasteiger charge is 2.19. The lowest BCUT2D eigenvalue weighted by molar-refractivity contribution is -0.137. The number of rotatable bonds is 5. The van der Waals surface area contributed by atoms with Crippen molar-refractivity contribution in [2.45, 2.75) is 46.1 Å². The topological polar surface area (TPSA) is 95.1 Å². The van der Waals surface area contributed by atoms with E-state index in [-0.39, 0.29) is 18.2 Å². The van der Waals surface area contributed by atoms with Gasteiger partial charge in [-0.2, -0.15) is 5.10 Å². The number of nitrogens with zero attached hydrogens (tertiary/aromatic N) is 1. The van der Waals surface area contributed by atoms with Gasteiger partial charge in [0.1, 0.15) is 0 Å². The van der Waals surface area contributed by atoms with E-state index in [9.17, 15) is 9.59 Å². The van der Waals surface area contributed by atoms with Gasteiger partial charge in [0, 0.05) is 17.3 Å². The summed E-state index contributed by atoms with van der Waals surface area (Å²) < 4.78 is 0. The molecule has 0 fully saturated rings. The molecule has 0 saturated heterocycles. The minimum atomic E-state index is -0.940. The summed E-state index contributed by atoms with van der Waals surface area (Å²) in [4.78, 5) is 22.4. The molecule has 1 rings (SSSR count). The van der Waals surface area contributed by atoms with Crippen molar-refractivity contribution >= 4 is 11.9 Å². The van der Waals surface area contributed by atoms with Gasteiger partial charge in [-0.3, -0.25) is 14.7 Å². The van der Waals surface area contributed by atoms with Crippen molar-refractivity contribution in [2.24, 2.45) is 0 Å². The largest absolute Gasteiger partial charge is 0.481 e. The minimum Gasteiger partial charge on any atom is -0.481 e.